The normalized spacial score (nSPS) is 12.3. The van der Waals surface area contributed by atoms with Gasteiger partial charge in [0.05, 0.1) is 11.8 Å². The van der Waals surface area contributed by atoms with Crippen LogP contribution >= 0.6 is 11.6 Å². The van der Waals surface area contributed by atoms with Gasteiger partial charge in [0, 0.05) is 12.1 Å². The van der Waals surface area contributed by atoms with Crippen LogP contribution in [0.2, 0.25) is 5.15 Å². The van der Waals surface area contributed by atoms with Crippen LogP contribution in [0.15, 0.2) is 30.5 Å². The zero-order valence-electron chi connectivity index (χ0n) is 10.7. The van der Waals surface area contributed by atoms with Gasteiger partial charge in [0.1, 0.15) is 11.0 Å². The van der Waals surface area contributed by atoms with Crippen molar-refractivity contribution in [2.24, 2.45) is 0 Å². The minimum absolute atomic E-state index is 0.0126. The molecule has 108 valence electrons. The summed E-state index contributed by atoms with van der Waals surface area (Å²) in [5.41, 5.74) is 0.750. The Morgan fingerprint density at radius 1 is 1.43 bits per heavy atom. The Labute approximate surface area is 124 Å². The van der Waals surface area contributed by atoms with Crippen LogP contribution in [-0.2, 0) is 6.54 Å². The monoisotopic (exact) mass is 308 g/mol. The summed E-state index contributed by atoms with van der Waals surface area (Å²) in [7, 11) is 0. The van der Waals surface area contributed by atoms with E-state index in [0.29, 0.717) is 11.5 Å². The Balaban J connectivity index is 1.75. The number of nitrogens with zero attached hydrogens (tertiary/aromatic N) is 1. The number of hydrogen-bond acceptors (Lipinski definition) is 4. The van der Waals surface area contributed by atoms with Gasteiger partial charge in [-0.3, -0.25) is 4.79 Å². The summed E-state index contributed by atoms with van der Waals surface area (Å²) in [6.07, 6.45) is 0.953. The molecule has 0 saturated carbocycles. The van der Waals surface area contributed by atoms with E-state index < -0.39 is 11.7 Å². The molecule has 0 aliphatic carbocycles. The fourth-order valence-electron chi connectivity index (χ4n) is 1.98. The van der Waals surface area contributed by atoms with E-state index in [4.69, 9.17) is 21.1 Å². The molecule has 0 spiro atoms. The second-order valence-corrected chi connectivity index (χ2v) is 4.68. The van der Waals surface area contributed by atoms with Crippen LogP contribution in [0.3, 0.4) is 0 Å². The fourth-order valence-corrected chi connectivity index (χ4v) is 2.17. The van der Waals surface area contributed by atoms with E-state index in [9.17, 15) is 9.18 Å². The molecule has 0 fully saturated rings. The second-order valence-electron chi connectivity index (χ2n) is 4.33. The number of aromatic nitrogens is 1. The number of carbonyl (C=O) groups is 1. The van der Waals surface area contributed by atoms with E-state index in [-0.39, 0.29) is 24.1 Å². The predicted molar refractivity (Wildman–Crippen MR) is 72.9 cm³/mol. The molecular formula is C14H10ClFN2O3. The average molecular weight is 309 g/mol. The van der Waals surface area contributed by atoms with Gasteiger partial charge in [0.25, 0.3) is 5.91 Å². The molecule has 7 heteroatoms. The van der Waals surface area contributed by atoms with E-state index in [2.05, 4.69) is 10.3 Å². The summed E-state index contributed by atoms with van der Waals surface area (Å²) in [4.78, 5) is 15.6. The smallest absolute Gasteiger partial charge is 0.254 e. The van der Waals surface area contributed by atoms with Gasteiger partial charge in [-0.05, 0) is 12.1 Å². The third-order valence-electron chi connectivity index (χ3n) is 2.97. The summed E-state index contributed by atoms with van der Waals surface area (Å²) in [6.45, 7) is 0.359. The van der Waals surface area contributed by atoms with Crippen LogP contribution < -0.4 is 14.8 Å². The average Bonchev–Trinajstić information content (AvgIpc) is 2.96. The van der Waals surface area contributed by atoms with Crippen molar-refractivity contribution in [3.05, 3.63) is 52.6 Å². The number of carbonyl (C=O) groups excluding carboxylic acids is 1. The minimum atomic E-state index is -0.623. The van der Waals surface area contributed by atoms with Crippen LogP contribution in [0, 0.1) is 5.82 Å². The number of fused-ring (bicyclic) bond motifs is 1. The van der Waals surface area contributed by atoms with Crippen molar-refractivity contribution < 1.29 is 18.7 Å². The highest BCUT2D eigenvalue weighted by atomic mass is 35.5. The minimum Gasteiger partial charge on any atom is -0.454 e. The van der Waals surface area contributed by atoms with Crippen molar-refractivity contribution >= 4 is 17.5 Å². The van der Waals surface area contributed by atoms with Gasteiger partial charge in [0.2, 0.25) is 6.79 Å². The van der Waals surface area contributed by atoms with Gasteiger partial charge >= 0.3 is 0 Å². The number of pyridine rings is 1. The number of hydrogen-bond donors (Lipinski definition) is 1. The standard InChI is InChI=1S/C14H10ClFN2O3/c15-13-10(4-9(16)6-17-13)14(19)18-5-8-2-1-3-11-12(8)21-7-20-11/h1-4,6H,5,7H2,(H,18,19). The molecule has 0 unspecified atom stereocenters. The Hall–Kier alpha value is -2.34. The lowest BCUT2D eigenvalue weighted by Gasteiger charge is -2.08. The number of amides is 1. The van der Waals surface area contributed by atoms with E-state index >= 15 is 0 Å². The maximum atomic E-state index is 13.1. The summed E-state index contributed by atoms with van der Waals surface area (Å²) in [5.74, 6) is 0.0962. The maximum Gasteiger partial charge on any atom is 0.254 e. The molecule has 2 aromatic rings. The Kier molecular flexibility index (Phi) is 3.62. The molecule has 0 bridgehead atoms. The van der Waals surface area contributed by atoms with Crippen molar-refractivity contribution in [2.75, 3.05) is 6.79 Å². The molecule has 0 atom stereocenters. The van der Waals surface area contributed by atoms with Gasteiger partial charge in [-0.2, -0.15) is 0 Å². The molecule has 3 rings (SSSR count). The molecule has 0 saturated heterocycles. The van der Waals surface area contributed by atoms with Crippen LogP contribution in [0.4, 0.5) is 4.39 Å². The molecule has 5 nitrogen and oxygen atoms in total. The number of ether oxygens (including phenoxy) is 2. The maximum absolute atomic E-state index is 13.1. The van der Waals surface area contributed by atoms with Crippen molar-refractivity contribution in [2.45, 2.75) is 6.54 Å². The van der Waals surface area contributed by atoms with E-state index in [0.717, 1.165) is 17.8 Å². The van der Waals surface area contributed by atoms with Crippen molar-refractivity contribution in [3.63, 3.8) is 0 Å². The van der Waals surface area contributed by atoms with Crippen LogP contribution in [0.1, 0.15) is 15.9 Å². The lowest BCUT2D eigenvalue weighted by atomic mass is 10.2. The molecule has 1 aromatic heterocycles. The lowest BCUT2D eigenvalue weighted by Crippen LogP contribution is -2.23. The molecule has 1 aliphatic rings. The van der Waals surface area contributed by atoms with Gasteiger partial charge in [0.15, 0.2) is 11.5 Å². The highest BCUT2D eigenvalue weighted by molar-refractivity contribution is 6.32. The highest BCUT2D eigenvalue weighted by Gasteiger charge is 2.18. The third-order valence-corrected chi connectivity index (χ3v) is 3.27. The van der Waals surface area contributed by atoms with Gasteiger partial charge in [-0.15, -0.1) is 0 Å². The number of para-hydroxylation sites is 1. The summed E-state index contributed by atoms with van der Waals surface area (Å²) in [6, 6.07) is 6.42. The van der Waals surface area contributed by atoms with Crippen molar-refractivity contribution in [3.8, 4) is 11.5 Å². The van der Waals surface area contributed by atoms with Crippen LogP contribution in [0.25, 0.3) is 0 Å². The number of nitrogens with one attached hydrogen (secondary N) is 1. The molecule has 1 aliphatic heterocycles. The van der Waals surface area contributed by atoms with Gasteiger partial charge in [-0.1, -0.05) is 23.7 Å². The molecule has 1 aromatic carbocycles. The van der Waals surface area contributed by atoms with Crippen molar-refractivity contribution in [1.29, 1.82) is 0 Å². The Morgan fingerprint density at radius 2 is 2.29 bits per heavy atom. The molecule has 21 heavy (non-hydrogen) atoms. The van der Waals surface area contributed by atoms with E-state index in [1.54, 1.807) is 18.2 Å². The molecule has 1 amide bonds. The molecule has 2 heterocycles. The predicted octanol–water partition coefficient (Wildman–Crippen LogP) is 2.53. The van der Waals surface area contributed by atoms with E-state index in [1.165, 1.54) is 0 Å². The largest absolute Gasteiger partial charge is 0.454 e. The van der Waals surface area contributed by atoms with Crippen LogP contribution in [0.5, 0.6) is 11.5 Å². The molecule has 1 N–H and O–H groups in total. The Bertz CT molecular complexity index is 709. The van der Waals surface area contributed by atoms with Gasteiger partial charge in [-0.25, -0.2) is 9.37 Å². The number of halogens is 2. The fraction of sp³-hybridized carbons (Fsp3) is 0.143. The van der Waals surface area contributed by atoms with E-state index in [1.807, 2.05) is 0 Å². The molecular weight excluding hydrogens is 299 g/mol. The first kappa shape index (κ1) is 13.6. The van der Waals surface area contributed by atoms with Crippen molar-refractivity contribution in [1.82, 2.24) is 10.3 Å². The number of benzene rings is 1. The SMILES string of the molecule is O=C(NCc1cccc2c1OCO2)c1cc(F)cnc1Cl. The lowest BCUT2D eigenvalue weighted by molar-refractivity contribution is 0.0950. The topological polar surface area (TPSA) is 60.5 Å². The first-order valence-corrected chi connectivity index (χ1v) is 6.49. The third kappa shape index (κ3) is 2.75. The summed E-state index contributed by atoms with van der Waals surface area (Å²) in [5, 5.41) is 2.60. The highest BCUT2D eigenvalue weighted by Crippen LogP contribution is 2.35. The molecule has 0 radical (unpaired) electrons. The summed E-state index contributed by atoms with van der Waals surface area (Å²) >= 11 is 5.78. The Morgan fingerprint density at radius 3 is 3.14 bits per heavy atom. The van der Waals surface area contributed by atoms with Crippen LogP contribution in [-0.4, -0.2) is 17.7 Å². The quantitative estimate of drug-likeness (QED) is 0.885. The zero-order valence-corrected chi connectivity index (χ0v) is 11.5. The second kappa shape index (κ2) is 5.57. The van der Waals surface area contributed by atoms with Gasteiger partial charge < -0.3 is 14.8 Å². The summed E-state index contributed by atoms with van der Waals surface area (Å²) < 4.78 is 23.7. The number of rotatable bonds is 3. The zero-order chi connectivity index (χ0) is 14.8. The first-order chi connectivity index (χ1) is 10.1. The first-order valence-electron chi connectivity index (χ1n) is 6.12.